The maximum Gasteiger partial charge on any atom is 0.433 e. The highest BCUT2D eigenvalue weighted by Gasteiger charge is 2.33. The number of esters is 1. The van der Waals surface area contributed by atoms with E-state index in [-0.39, 0.29) is 29.1 Å². The molecule has 1 saturated heterocycles. The third kappa shape index (κ3) is 7.91. The number of aromatic nitrogens is 1. The van der Waals surface area contributed by atoms with Crippen molar-refractivity contribution in [2.45, 2.75) is 51.4 Å². The van der Waals surface area contributed by atoms with Crippen molar-refractivity contribution in [1.82, 2.24) is 9.88 Å². The predicted molar refractivity (Wildman–Crippen MR) is 138 cm³/mol. The molecule has 1 aromatic heterocycles. The molecular formula is C26H30F3N5O5. The molecule has 2 aromatic rings. The molecule has 1 aliphatic rings. The number of pyridine rings is 1. The first-order chi connectivity index (χ1) is 18.2. The second kappa shape index (κ2) is 11.7. The number of nitrogens with zero attached hydrogens (tertiary/aromatic N) is 3. The van der Waals surface area contributed by atoms with Gasteiger partial charge in [-0.05, 0) is 57.9 Å². The Bertz CT molecular complexity index is 1270. The van der Waals surface area contributed by atoms with Crippen molar-refractivity contribution in [3.8, 4) is 0 Å². The highest BCUT2D eigenvalue weighted by molar-refractivity contribution is 6.08. The lowest BCUT2D eigenvalue weighted by molar-refractivity contribution is -0.141. The molecule has 3 N–H and O–H groups in total. The Morgan fingerprint density at radius 3 is 2.41 bits per heavy atom. The van der Waals surface area contributed by atoms with Crippen molar-refractivity contribution in [1.29, 1.82) is 0 Å². The number of amides is 2. The van der Waals surface area contributed by atoms with Crippen LogP contribution >= 0.6 is 0 Å². The summed E-state index contributed by atoms with van der Waals surface area (Å²) in [4.78, 5) is 46.8. The molecule has 2 amide bonds. The first-order valence-corrected chi connectivity index (χ1v) is 12.1. The minimum Gasteiger partial charge on any atom is -0.465 e. The van der Waals surface area contributed by atoms with E-state index < -0.39 is 35.0 Å². The number of anilines is 2. The molecule has 210 valence electrons. The largest absolute Gasteiger partial charge is 0.465 e. The molecule has 1 aromatic carbocycles. The Hall–Kier alpha value is -4.16. The van der Waals surface area contributed by atoms with Crippen molar-refractivity contribution in [3.05, 3.63) is 52.8 Å². The average Bonchev–Trinajstić information content (AvgIpc) is 2.87. The summed E-state index contributed by atoms with van der Waals surface area (Å²) in [7, 11) is 1.14. The molecule has 10 nitrogen and oxygen atoms in total. The zero-order chi connectivity index (χ0) is 29.0. The Labute approximate surface area is 223 Å². The molecule has 0 saturated carbocycles. The van der Waals surface area contributed by atoms with Gasteiger partial charge in [-0.1, -0.05) is 6.07 Å². The molecule has 1 aliphatic heterocycles. The first-order valence-electron chi connectivity index (χ1n) is 12.1. The van der Waals surface area contributed by atoms with Gasteiger partial charge in [-0.15, -0.1) is 0 Å². The number of likely N-dealkylation sites (tertiary alicyclic amines) is 1. The van der Waals surface area contributed by atoms with E-state index >= 15 is 0 Å². The topological polar surface area (TPSA) is 136 Å². The van der Waals surface area contributed by atoms with E-state index in [1.807, 2.05) is 0 Å². The number of nitrogens with one attached hydrogen (secondary N) is 1. The minimum atomic E-state index is -4.73. The van der Waals surface area contributed by atoms with Crippen molar-refractivity contribution < 1.29 is 37.0 Å². The molecule has 39 heavy (non-hydrogen) atoms. The van der Waals surface area contributed by atoms with E-state index in [1.165, 1.54) is 18.3 Å². The highest BCUT2D eigenvalue weighted by atomic mass is 19.4. The van der Waals surface area contributed by atoms with E-state index in [1.54, 1.807) is 25.7 Å². The van der Waals surface area contributed by atoms with Gasteiger partial charge in [-0.25, -0.2) is 14.6 Å². The molecule has 0 unspecified atom stereocenters. The molecule has 1 fully saturated rings. The molecule has 0 radical (unpaired) electrons. The molecule has 0 bridgehead atoms. The summed E-state index contributed by atoms with van der Waals surface area (Å²) < 4.78 is 49.2. The van der Waals surface area contributed by atoms with Crippen LogP contribution < -0.4 is 11.1 Å². The van der Waals surface area contributed by atoms with Crippen LogP contribution in [0.5, 0.6) is 0 Å². The van der Waals surface area contributed by atoms with E-state index in [2.05, 4.69) is 15.3 Å². The third-order valence-corrected chi connectivity index (χ3v) is 5.69. The van der Waals surface area contributed by atoms with Crippen LogP contribution in [0.25, 0.3) is 0 Å². The van der Waals surface area contributed by atoms with E-state index in [9.17, 15) is 27.6 Å². The lowest BCUT2D eigenvalue weighted by Crippen LogP contribution is -2.42. The molecule has 0 aliphatic carbocycles. The van der Waals surface area contributed by atoms with Crippen molar-refractivity contribution in [3.63, 3.8) is 0 Å². The van der Waals surface area contributed by atoms with Crippen LogP contribution in [0.3, 0.4) is 0 Å². The van der Waals surface area contributed by atoms with Gasteiger partial charge in [0.1, 0.15) is 17.0 Å². The zero-order valence-electron chi connectivity index (χ0n) is 22.0. The van der Waals surface area contributed by atoms with Crippen LogP contribution in [0.2, 0.25) is 0 Å². The van der Waals surface area contributed by atoms with Crippen LogP contribution in [0.15, 0.2) is 35.3 Å². The summed E-state index contributed by atoms with van der Waals surface area (Å²) in [6.07, 6.45) is -2.46. The van der Waals surface area contributed by atoms with Gasteiger partial charge in [0.2, 0.25) is 0 Å². The fourth-order valence-corrected chi connectivity index (χ4v) is 3.74. The summed E-state index contributed by atoms with van der Waals surface area (Å²) in [6, 6.07) is 5.47. The van der Waals surface area contributed by atoms with Gasteiger partial charge in [0, 0.05) is 30.6 Å². The number of halogens is 3. The molecule has 0 spiro atoms. The second-order valence-corrected chi connectivity index (χ2v) is 9.85. The van der Waals surface area contributed by atoms with Gasteiger partial charge in [0.25, 0.3) is 5.91 Å². The van der Waals surface area contributed by atoms with Crippen LogP contribution in [-0.2, 0) is 15.7 Å². The van der Waals surface area contributed by atoms with Crippen LogP contribution in [0, 0.1) is 0 Å². The standard InChI is InChI=1S/C26H30F3N5O5/c1-25(2,3)39-24(37)34-10-8-16(9-11-34)31-14-15-12-20(17(13-18(15)30)23(36)38-4)33-22(35)19-6-5-7-21(32-19)26(27,28)29/h5-7,12-14,16H,8-11,30H2,1-4H3,(H,33,35). The summed E-state index contributed by atoms with van der Waals surface area (Å²) >= 11 is 0. The smallest absolute Gasteiger partial charge is 0.433 e. The lowest BCUT2D eigenvalue weighted by Gasteiger charge is -2.32. The summed E-state index contributed by atoms with van der Waals surface area (Å²) in [5.41, 5.74) is 4.18. The number of benzene rings is 1. The number of hydrogen-bond acceptors (Lipinski definition) is 8. The number of alkyl halides is 3. The number of rotatable bonds is 5. The maximum atomic E-state index is 13.0. The fourth-order valence-electron chi connectivity index (χ4n) is 3.74. The van der Waals surface area contributed by atoms with Gasteiger partial charge >= 0.3 is 18.2 Å². The molecule has 3 rings (SSSR count). The number of aliphatic imine (C=N–C) groups is 1. The van der Waals surface area contributed by atoms with Gasteiger partial charge in [0.05, 0.1) is 24.4 Å². The predicted octanol–water partition coefficient (Wildman–Crippen LogP) is 4.54. The van der Waals surface area contributed by atoms with Gasteiger partial charge in [0.15, 0.2) is 0 Å². The number of piperidine rings is 1. The van der Waals surface area contributed by atoms with Crippen molar-refractivity contribution in [2.75, 3.05) is 31.2 Å². The van der Waals surface area contributed by atoms with Crippen LogP contribution in [-0.4, -0.2) is 65.9 Å². The van der Waals surface area contributed by atoms with E-state index in [4.69, 9.17) is 15.2 Å². The number of nitrogens with two attached hydrogens (primary N) is 1. The summed E-state index contributed by atoms with van der Waals surface area (Å²) in [6.45, 7) is 6.30. The van der Waals surface area contributed by atoms with Gasteiger partial charge in [-0.3, -0.25) is 9.79 Å². The second-order valence-electron chi connectivity index (χ2n) is 9.85. The quantitative estimate of drug-likeness (QED) is 0.317. The Morgan fingerprint density at radius 1 is 1.15 bits per heavy atom. The zero-order valence-corrected chi connectivity index (χ0v) is 22.0. The number of methoxy groups -OCH3 is 1. The number of ether oxygens (including phenoxy) is 2. The molecule has 0 atom stereocenters. The SMILES string of the molecule is COC(=O)c1cc(N)c(C=NC2CCN(C(=O)OC(C)(C)C)CC2)cc1NC(=O)c1cccc(C(F)(F)F)n1. The fraction of sp³-hybridized carbons (Fsp3) is 0.423. The molecular weight excluding hydrogens is 519 g/mol. The Balaban J connectivity index is 1.78. The Morgan fingerprint density at radius 2 is 1.82 bits per heavy atom. The average molecular weight is 550 g/mol. The Kier molecular flexibility index (Phi) is 8.82. The lowest BCUT2D eigenvalue weighted by atomic mass is 10.0. The normalized spacial score (nSPS) is 14.8. The number of nitrogen functional groups attached to an aromatic ring is 1. The highest BCUT2D eigenvalue weighted by Crippen LogP contribution is 2.28. The monoisotopic (exact) mass is 549 g/mol. The molecule has 13 heteroatoms. The number of carbonyl (C=O) groups excluding carboxylic acids is 3. The minimum absolute atomic E-state index is 0.0403. The van der Waals surface area contributed by atoms with Crippen LogP contribution in [0.4, 0.5) is 29.3 Å². The number of carbonyl (C=O) groups is 3. The van der Waals surface area contributed by atoms with Gasteiger partial charge in [-0.2, -0.15) is 13.2 Å². The van der Waals surface area contributed by atoms with Gasteiger partial charge < -0.3 is 25.4 Å². The summed E-state index contributed by atoms with van der Waals surface area (Å²) in [5, 5.41) is 2.42. The first kappa shape index (κ1) is 29.4. The van der Waals surface area contributed by atoms with E-state index in [0.29, 0.717) is 31.5 Å². The number of hydrogen-bond donors (Lipinski definition) is 2. The molecule has 2 heterocycles. The van der Waals surface area contributed by atoms with Crippen LogP contribution in [0.1, 0.15) is 65.7 Å². The maximum absolute atomic E-state index is 13.0. The van der Waals surface area contributed by atoms with Crippen molar-refractivity contribution in [2.24, 2.45) is 4.99 Å². The van der Waals surface area contributed by atoms with Crippen molar-refractivity contribution >= 4 is 35.6 Å². The summed E-state index contributed by atoms with van der Waals surface area (Å²) in [5.74, 6) is -1.78. The van der Waals surface area contributed by atoms with E-state index in [0.717, 1.165) is 25.3 Å². The third-order valence-electron chi connectivity index (χ3n) is 5.69.